The largest absolute Gasteiger partial charge is 0.484 e. The van der Waals surface area contributed by atoms with Gasteiger partial charge in [0.2, 0.25) is 0 Å². The Bertz CT molecular complexity index is 1020. The molecule has 1 heterocycles. The minimum absolute atomic E-state index is 0.178. The first-order valence-electron chi connectivity index (χ1n) is 8.16. The highest BCUT2D eigenvalue weighted by Gasteiger charge is 2.07. The molecule has 0 fully saturated rings. The summed E-state index contributed by atoms with van der Waals surface area (Å²) in [6.07, 6.45) is 0. The average Bonchev–Trinajstić information content (AvgIpc) is 2.70. The lowest BCUT2D eigenvalue weighted by Crippen LogP contribution is -2.28. The molecule has 7 heteroatoms. The average molecular weight is 367 g/mol. The fourth-order valence-electron chi connectivity index (χ4n) is 2.41. The van der Waals surface area contributed by atoms with Crippen LogP contribution in [0.25, 0.3) is 11.0 Å². The second kappa shape index (κ2) is 8.18. The maximum atomic E-state index is 11.9. The third kappa shape index (κ3) is 4.72. The maximum Gasteiger partial charge on any atom is 0.337 e. The molecule has 0 saturated heterocycles. The molecule has 2 aromatic carbocycles. The zero-order valence-electron chi connectivity index (χ0n) is 14.6. The summed E-state index contributed by atoms with van der Waals surface area (Å²) >= 11 is 0. The molecule has 3 rings (SSSR count). The molecular formula is C20H17NO6. The van der Waals surface area contributed by atoms with Crippen LogP contribution in [0, 0.1) is 0 Å². The second-order valence-corrected chi connectivity index (χ2v) is 5.71. The lowest BCUT2D eigenvalue weighted by atomic mass is 10.1. The van der Waals surface area contributed by atoms with Gasteiger partial charge < -0.3 is 19.2 Å². The maximum absolute atomic E-state index is 11.9. The Hall–Kier alpha value is -3.61. The smallest absolute Gasteiger partial charge is 0.337 e. The van der Waals surface area contributed by atoms with Crippen LogP contribution < -0.4 is 15.7 Å². The number of rotatable bonds is 6. The summed E-state index contributed by atoms with van der Waals surface area (Å²) in [6, 6.07) is 14.7. The molecule has 0 spiro atoms. The van der Waals surface area contributed by atoms with E-state index in [1.54, 1.807) is 48.5 Å². The Labute approximate surface area is 154 Å². The summed E-state index contributed by atoms with van der Waals surface area (Å²) < 4.78 is 15.1. The molecule has 27 heavy (non-hydrogen) atoms. The van der Waals surface area contributed by atoms with Crippen molar-refractivity contribution >= 4 is 22.8 Å². The molecular weight excluding hydrogens is 350 g/mol. The normalized spacial score (nSPS) is 10.4. The van der Waals surface area contributed by atoms with Gasteiger partial charge >= 0.3 is 11.6 Å². The number of nitrogens with one attached hydrogen (secondary N) is 1. The molecule has 0 bridgehead atoms. The monoisotopic (exact) mass is 367 g/mol. The second-order valence-electron chi connectivity index (χ2n) is 5.71. The predicted molar refractivity (Wildman–Crippen MR) is 97.6 cm³/mol. The Morgan fingerprint density at radius 3 is 2.52 bits per heavy atom. The van der Waals surface area contributed by atoms with Crippen LogP contribution in [0.5, 0.6) is 5.75 Å². The number of carbonyl (C=O) groups excluding carboxylic acids is 2. The highest BCUT2D eigenvalue weighted by atomic mass is 16.5. The summed E-state index contributed by atoms with van der Waals surface area (Å²) in [4.78, 5) is 34.6. The highest BCUT2D eigenvalue weighted by molar-refractivity contribution is 5.89. The van der Waals surface area contributed by atoms with Gasteiger partial charge in [0.25, 0.3) is 5.91 Å². The van der Waals surface area contributed by atoms with E-state index in [4.69, 9.17) is 9.15 Å². The van der Waals surface area contributed by atoms with Gasteiger partial charge in [-0.1, -0.05) is 12.1 Å². The molecule has 0 aliphatic carbocycles. The van der Waals surface area contributed by atoms with Crippen LogP contribution in [-0.2, 0) is 16.1 Å². The first-order valence-corrected chi connectivity index (χ1v) is 8.16. The quantitative estimate of drug-likeness (QED) is 0.530. The van der Waals surface area contributed by atoms with Crippen molar-refractivity contribution in [2.45, 2.75) is 6.54 Å². The number of methoxy groups -OCH3 is 1. The van der Waals surface area contributed by atoms with Crippen molar-refractivity contribution in [3.63, 3.8) is 0 Å². The van der Waals surface area contributed by atoms with Crippen LogP contribution in [0.4, 0.5) is 0 Å². The van der Waals surface area contributed by atoms with Gasteiger partial charge in [-0.25, -0.2) is 9.59 Å². The number of carbonyl (C=O) groups is 2. The fraction of sp³-hybridized carbons (Fsp3) is 0.150. The van der Waals surface area contributed by atoms with E-state index >= 15 is 0 Å². The molecule has 0 aliphatic rings. The number of benzene rings is 2. The number of hydrogen-bond donors (Lipinski definition) is 1. The number of amides is 1. The molecule has 1 amide bonds. The fourth-order valence-corrected chi connectivity index (χ4v) is 2.41. The van der Waals surface area contributed by atoms with Crippen molar-refractivity contribution in [2.24, 2.45) is 0 Å². The van der Waals surface area contributed by atoms with E-state index in [-0.39, 0.29) is 12.5 Å². The zero-order valence-corrected chi connectivity index (χ0v) is 14.6. The summed E-state index contributed by atoms with van der Waals surface area (Å²) in [7, 11) is 1.32. The third-order valence-corrected chi connectivity index (χ3v) is 3.83. The molecule has 0 saturated carbocycles. The van der Waals surface area contributed by atoms with Crippen molar-refractivity contribution in [3.05, 3.63) is 76.1 Å². The standard InChI is InChI=1S/C20H17NO6/c1-25-20(24)15-4-2-13(3-5-15)11-21-18(22)12-26-16-8-6-14-7-9-19(23)27-17(14)10-16/h2-10H,11-12H2,1H3,(H,21,22). The third-order valence-electron chi connectivity index (χ3n) is 3.83. The highest BCUT2D eigenvalue weighted by Crippen LogP contribution is 2.19. The Morgan fingerprint density at radius 2 is 1.78 bits per heavy atom. The van der Waals surface area contributed by atoms with Gasteiger partial charge in [-0.15, -0.1) is 0 Å². The lowest BCUT2D eigenvalue weighted by molar-refractivity contribution is -0.123. The van der Waals surface area contributed by atoms with Gasteiger partial charge in [0.1, 0.15) is 11.3 Å². The Balaban J connectivity index is 1.52. The van der Waals surface area contributed by atoms with Gasteiger partial charge in [0.05, 0.1) is 12.7 Å². The van der Waals surface area contributed by atoms with E-state index in [2.05, 4.69) is 10.1 Å². The Kier molecular flexibility index (Phi) is 5.51. The summed E-state index contributed by atoms with van der Waals surface area (Å²) in [5.41, 5.74) is 1.23. The van der Waals surface area contributed by atoms with Crippen LogP contribution in [0.1, 0.15) is 15.9 Å². The van der Waals surface area contributed by atoms with E-state index in [9.17, 15) is 14.4 Å². The molecule has 0 radical (unpaired) electrons. The van der Waals surface area contributed by atoms with Crippen LogP contribution in [0.3, 0.4) is 0 Å². The van der Waals surface area contributed by atoms with Crippen molar-refractivity contribution in [1.82, 2.24) is 5.32 Å². The molecule has 1 aromatic heterocycles. The Morgan fingerprint density at radius 1 is 1.04 bits per heavy atom. The van der Waals surface area contributed by atoms with Gasteiger partial charge in [-0.2, -0.15) is 0 Å². The van der Waals surface area contributed by atoms with E-state index in [1.807, 2.05) is 0 Å². The van der Waals surface area contributed by atoms with Crippen LogP contribution in [-0.4, -0.2) is 25.6 Å². The van der Waals surface area contributed by atoms with E-state index in [0.717, 1.165) is 10.9 Å². The van der Waals surface area contributed by atoms with Gasteiger partial charge in [-0.3, -0.25) is 4.79 Å². The number of hydrogen-bond acceptors (Lipinski definition) is 6. The number of esters is 1. The van der Waals surface area contributed by atoms with Gasteiger partial charge in [0.15, 0.2) is 6.61 Å². The molecule has 138 valence electrons. The number of fused-ring (bicyclic) bond motifs is 1. The van der Waals surface area contributed by atoms with Crippen LogP contribution >= 0.6 is 0 Å². The molecule has 0 atom stereocenters. The van der Waals surface area contributed by atoms with Crippen molar-refractivity contribution in [1.29, 1.82) is 0 Å². The molecule has 1 N–H and O–H groups in total. The zero-order chi connectivity index (χ0) is 19.2. The topological polar surface area (TPSA) is 94.8 Å². The van der Waals surface area contributed by atoms with Crippen molar-refractivity contribution in [3.8, 4) is 5.75 Å². The molecule has 0 unspecified atom stereocenters. The summed E-state index contributed by atoms with van der Waals surface area (Å²) in [5.74, 6) is -0.290. The summed E-state index contributed by atoms with van der Waals surface area (Å²) in [6.45, 7) is 0.124. The van der Waals surface area contributed by atoms with Crippen molar-refractivity contribution < 1.29 is 23.5 Å². The van der Waals surface area contributed by atoms with Crippen molar-refractivity contribution in [2.75, 3.05) is 13.7 Å². The lowest BCUT2D eigenvalue weighted by Gasteiger charge is -2.08. The molecule has 7 nitrogen and oxygen atoms in total. The number of ether oxygens (including phenoxy) is 2. The van der Waals surface area contributed by atoms with E-state index in [1.165, 1.54) is 13.2 Å². The first-order chi connectivity index (χ1) is 13.0. The molecule has 3 aromatic rings. The minimum atomic E-state index is -0.449. The first kappa shape index (κ1) is 18.2. The van der Waals surface area contributed by atoms with Gasteiger partial charge in [-0.05, 0) is 35.9 Å². The van der Waals surface area contributed by atoms with E-state index in [0.29, 0.717) is 23.4 Å². The van der Waals surface area contributed by atoms with Crippen LogP contribution in [0.15, 0.2) is 63.8 Å². The van der Waals surface area contributed by atoms with E-state index < -0.39 is 11.6 Å². The predicted octanol–water partition coefficient (Wildman–Crippen LogP) is 2.27. The SMILES string of the molecule is COC(=O)c1ccc(CNC(=O)COc2ccc3ccc(=O)oc3c2)cc1. The van der Waals surface area contributed by atoms with Gasteiger partial charge in [0, 0.05) is 24.1 Å². The van der Waals surface area contributed by atoms with Crippen LogP contribution in [0.2, 0.25) is 0 Å². The summed E-state index contributed by atoms with van der Waals surface area (Å²) in [5, 5.41) is 3.49. The molecule has 0 aliphatic heterocycles. The minimum Gasteiger partial charge on any atom is -0.484 e.